The summed E-state index contributed by atoms with van der Waals surface area (Å²) in [4.78, 5) is 17.4. The lowest BCUT2D eigenvalue weighted by Crippen LogP contribution is -2.50. The average Bonchev–Trinajstić information content (AvgIpc) is 3.14. The molecule has 2 fully saturated rings. The largest absolute Gasteiger partial charge is 0.478 e. The van der Waals surface area contributed by atoms with E-state index < -0.39 is 5.60 Å². The van der Waals surface area contributed by atoms with Crippen LogP contribution in [0.4, 0.5) is 0 Å². The number of amides is 1. The molecule has 0 heterocycles. The van der Waals surface area contributed by atoms with Gasteiger partial charge in [0, 0.05) is 19.1 Å². The minimum absolute atomic E-state index is 0.0761. The Morgan fingerprint density at radius 2 is 1.46 bits per heavy atom. The molecule has 1 aromatic carbocycles. The molecule has 0 radical (unpaired) electrons. The number of hydrogen-bond donors (Lipinski definition) is 0. The van der Waals surface area contributed by atoms with E-state index in [4.69, 9.17) is 4.74 Å². The van der Waals surface area contributed by atoms with Crippen molar-refractivity contribution in [1.29, 1.82) is 0 Å². The van der Waals surface area contributed by atoms with E-state index >= 15 is 0 Å². The molecule has 0 spiro atoms. The number of hydrogen-bond acceptors (Lipinski definition) is 3. The first-order valence-corrected chi connectivity index (χ1v) is 9.86. The van der Waals surface area contributed by atoms with Crippen molar-refractivity contribution in [1.82, 2.24) is 9.80 Å². The van der Waals surface area contributed by atoms with Crippen molar-refractivity contribution < 1.29 is 9.53 Å². The van der Waals surface area contributed by atoms with E-state index in [-0.39, 0.29) is 5.91 Å². The predicted molar refractivity (Wildman–Crippen MR) is 105 cm³/mol. The van der Waals surface area contributed by atoms with E-state index in [0.29, 0.717) is 12.1 Å². The standard InChI is InChI=1S/C22H34N2O2/c1-15-7-9-20(10-8-15)26-22(2,3)21(25)24(6)19-13-16-11-18(23(4)5)12-17(16)14-19/h7-10,16-19H,11-14H2,1-6H3/t16-,17+,18?,19?. The Kier molecular flexibility index (Phi) is 5.34. The number of benzene rings is 1. The summed E-state index contributed by atoms with van der Waals surface area (Å²) >= 11 is 0. The van der Waals surface area contributed by atoms with Gasteiger partial charge in [-0.3, -0.25) is 4.79 Å². The number of carbonyl (C=O) groups is 1. The lowest BCUT2D eigenvalue weighted by atomic mass is 10.0. The molecule has 4 nitrogen and oxygen atoms in total. The predicted octanol–water partition coefficient (Wildman–Crippen LogP) is 3.73. The summed E-state index contributed by atoms with van der Waals surface area (Å²) in [5.74, 6) is 2.36. The van der Waals surface area contributed by atoms with Gasteiger partial charge in [-0.1, -0.05) is 17.7 Å². The molecule has 2 unspecified atom stereocenters. The van der Waals surface area contributed by atoms with Crippen LogP contribution < -0.4 is 4.74 Å². The fraction of sp³-hybridized carbons (Fsp3) is 0.682. The van der Waals surface area contributed by atoms with Gasteiger partial charge in [-0.2, -0.15) is 0 Å². The number of carbonyl (C=O) groups excluding carboxylic acids is 1. The molecule has 0 saturated heterocycles. The van der Waals surface area contributed by atoms with Gasteiger partial charge in [0.1, 0.15) is 5.75 Å². The van der Waals surface area contributed by atoms with Gasteiger partial charge in [0.05, 0.1) is 0 Å². The molecule has 2 saturated carbocycles. The third kappa shape index (κ3) is 3.90. The summed E-state index contributed by atoms with van der Waals surface area (Å²) in [7, 11) is 6.32. The fourth-order valence-corrected chi connectivity index (χ4v) is 4.83. The number of ether oxygens (including phenoxy) is 1. The summed E-state index contributed by atoms with van der Waals surface area (Å²) in [5, 5.41) is 0. The van der Waals surface area contributed by atoms with E-state index in [1.165, 1.54) is 18.4 Å². The highest BCUT2D eigenvalue weighted by atomic mass is 16.5. The number of fused-ring (bicyclic) bond motifs is 1. The molecule has 2 aliphatic rings. The SMILES string of the molecule is Cc1ccc(OC(C)(C)C(=O)N(C)C2C[C@H]3CC(N(C)C)C[C@H]3C2)cc1. The second kappa shape index (κ2) is 7.22. The van der Waals surface area contributed by atoms with Gasteiger partial charge in [-0.05, 0) is 84.5 Å². The van der Waals surface area contributed by atoms with Crippen LogP contribution in [0.3, 0.4) is 0 Å². The van der Waals surface area contributed by atoms with Gasteiger partial charge >= 0.3 is 0 Å². The monoisotopic (exact) mass is 358 g/mol. The maximum Gasteiger partial charge on any atom is 0.266 e. The number of likely N-dealkylation sites (N-methyl/N-ethyl adjacent to an activating group) is 1. The highest BCUT2D eigenvalue weighted by molar-refractivity contribution is 5.85. The molecule has 1 amide bonds. The van der Waals surface area contributed by atoms with Crippen LogP contribution in [0.1, 0.15) is 45.1 Å². The highest BCUT2D eigenvalue weighted by Gasteiger charge is 2.45. The molecular formula is C22H34N2O2. The zero-order chi connectivity index (χ0) is 19.1. The van der Waals surface area contributed by atoms with Crippen LogP contribution in [0, 0.1) is 18.8 Å². The van der Waals surface area contributed by atoms with E-state index in [1.807, 2.05) is 57.0 Å². The molecule has 144 valence electrons. The van der Waals surface area contributed by atoms with E-state index in [1.54, 1.807) is 0 Å². The van der Waals surface area contributed by atoms with E-state index in [2.05, 4.69) is 19.0 Å². The third-order valence-corrected chi connectivity index (χ3v) is 6.47. The molecule has 3 rings (SSSR count). The Morgan fingerprint density at radius 1 is 0.962 bits per heavy atom. The second-order valence-electron chi connectivity index (χ2n) is 9.08. The van der Waals surface area contributed by atoms with Crippen molar-refractivity contribution in [3.8, 4) is 5.75 Å². The molecule has 26 heavy (non-hydrogen) atoms. The van der Waals surface area contributed by atoms with Crippen molar-refractivity contribution in [3.05, 3.63) is 29.8 Å². The summed E-state index contributed by atoms with van der Waals surface area (Å²) in [6, 6.07) is 8.96. The normalized spacial score (nSPS) is 28.3. The fourth-order valence-electron chi connectivity index (χ4n) is 4.83. The summed E-state index contributed by atoms with van der Waals surface area (Å²) in [6.07, 6.45) is 4.83. The zero-order valence-electron chi connectivity index (χ0n) is 17.2. The zero-order valence-corrected chi connectivity index (χ0v) is 17.2. The van der Waals surface area contributed by atoms with Crippen LogP contribution in [0.2, 0.25) is 0 Å². The average molecular weight is 359 g/mol. The molecule has 2 aliphatic carbocycles. The maximum atomic E-state index is 13.1. The van der Waals surface area contributed by atoms with Crippen molar-refractivity contribution in [2.24, 2.45) is 11.8 Å². The summed E-state index contributed by atoms with van der Waals surface area (Å²) in [5.41, 5.74) is 0.334. The number of aryl methyl sites for hydroxylation is 1. The summed E-state index contributed by atoms with van der Waals surface area (Å²) < 4.78 is 6.04. The third-order valence-electron chi connectivity index (χ3n) is 6.47. The topological polar surface area (TPSA) is 32.8 Å². The molecule has 0 aliphatic heterocycles. The Balaban J connectivity index is 1.60. The molecular weight excluding hydrogens is 324 g/mol. The molecule has 0 N–H and O–H groups in total. The molecule has 1 aromatic rings. The minimum Gasteiger partial charge on any atom is -0.478 e. The molecule has 0 bridgehead atoms. The van der Waals surface area contributed by atoms with Gasteiger partial charge in [0.2, 0.25) is 0 Å². The number of rotatable bonds is 5. The lowest BCUT2D eigenvalue weighted by molar-refractivity contribution is -0.146. The van der Waals surface area contributed by atoms with E-state index in [0.717, 1.165) is 30.4 Å². The first-order valence-electron chi connectivity index (χ1n) is 9.86. The van der Waals surface area contributed by atoms with Gasteiger partial charge in [-0.15, -0.1) is 0 Å². The van der Waals surface area contributed by atoms with Crippen LogP contribution >= 0.6 is 0 Å². The quantitative estimate of drug-likeness (QED) is 0.804. The molecule has 4 atom stereocenters. The molecule has 4 heteroatoms. The van der Waals surface area contributed by atoms with Crippen LogP contribution in [0.15, 0.2) is 24.3 Å². The van der Waals surface area contributed by atoms with Crippen LogP contribution in [-0.4, -0.2) is 54.5 Å². The Hall–Kier alpha value is -1.55. The van der Waals surface area contributed by atoms with Crippen LogP contribution in [0.5, 0.6) is 5.75 Å². The first-order chi connectivity index (χ1) is 12.2. The van der Waals surface area contributed by atoms with Gasteiger partial charge in [-0.25, -0.2) is 0 Å². The van der Waals surface area contributed by atoms with Crippen LogP contribution in [0.25, 0.3) is 0 Å². The van der Waals surface area contributed by atoms with E-state index in [9.17, 15) is 4.79 Å². The Morgan fingerprint density at radius 3 is 1.96 bits per heavy atom. The Labute approximate surface area is 158 Å². The Bertz CT molecular complexity index is 624. The van der Waals surface area contributed by atoms with Crippen molar-refractivity contribution in [2.45, 2.75) is 64.1 Å². The second-order valence-corrected chi connectivity index (χ2v) is 9.08. The first kappa shape index (κ1) is 19.2. The highest BCUT2D eigenvalue weighted by Crippen LogP contribution is 2.46. The van der Waals surface area contributed by atoms with Gasteiger partial charge in [0.15, 0.2) is 5.60 Å². The van der Waals surface area contributed by atoms with Crippen molar-refractivity contribution in [2.75, 3.05) is 21.1 Å². The minimum atomic E-state index is -0.853. The number of nitrogens with zero attached hydrogens (tertiary/aromatic N) is 2. The molecule has 0 aromatic heterocycles. The summed E-state index contributed by atoms with van der Waals surface area (Å²) in [6.45, 7) is 5.80. The maximum absolute atomic E-state index is 13.1. The van der Waals surface area contributed by atoms with Gasteiger partial charge < -0.3 is 14.5 Å². The van der Waals surface area contributed by atoms with Gasteiger partial charge in [0.25, 0.3) is 5.91 Å². The van der Waals surface area contributed by atoms with Crippen molar-refractivity contribution in [3.63, 3.8) is 0 Å². The van der Waals surface area contributed by atoms with Crippen LogP contribution in [-0.2, 0) is 4.79 Å². The van der Waals surface area contributed by atoms with Crippen molar-refractivity contribution >= 4 is 5.91 Å². The lowest BCUT2D eigenvalue weighted by Gasteiger charge is -2.34. The smallest absolute Gasteiger partial charge is 0.266 e.